The molecule has 0 aliphatic heterocycles. The van der Waals surface area contributed by atoms with Gasteiger partial charge in [0.15, 0.2) is 8.87 Å². The molecule has 47 heavy (non-hydrogen) atoms. The number of hydrogen-bond acceptors (Lipinski definition) is 9. The van der Waals surface area contributed by atoms with E-state index in [9.17, 15) is 32.4 Å². The first-order valence-corrected chi connectivity index (χ1v) is 21.0. The smallest absolute Gasteiger partial charge is 0.305 e. The molecule has 0 aliphatic carbocycles. The lowest BCUT2D eigenvalue weighted by atomic mass is 10.1. The molecule has 0 saturated carbocycles. The highest BCUT2D eigenvalue weighted by Crippen LogP contribution is 2.13. The third-order valence-electron chi connectivity index (χ3n) is 7.24. The summed E-state index contributed by atoms with van der Waals surface area (Å²) in [6.07, 6.45) is 15.8. The van der Waals surface area contributed by atoms with Gasteiger partial charge in [0.05, 0.1) is 6.61 Å². The summed E-state index contributed by atoms with van der Waals surface area (Å²) >= 11 is 0. The van der Waals surface area contributed by atoms with Crippen molar-refractivity contribution < 1.29 is 37.1 Å². The summed E-state index contributed by atoms with van der Waals surface area (Å²) in [4.78, 5) is 59.0. The van der Waals surface area contributed by atoms with Crippen LogP contribution in [-0.4, -0.2) is 82.8 Å². The molecule has 274 valence electrons. The average Bonchev–Trinajstić information content (AvgIpc) is 3.01. The maximum absolute atomic E-state index is 12.0. The molecule has 0 aromatic heterocycles. The summed E-state index contributed by atoms with van der Waals surface area (Å²) in [5.41, 5.74) is 0. The lowest BCUT2D eigenvalue weighted by molar-refractivity contribution is -0.143. The van der Waals surface area contributed by atoms with Gasteiger partial charge in [-0.1, -0.05) is 32.1 Å². The molecule has 0 spiro atoms. The zero-order chi connectivity index (χ0) is 35.0. The maximum Gasteiger partial charge on any atom is 0.305 e. The minimum atomic E-state index is -2.99. The monoisotopic (exact) mass is 706 g/mol. The Morgan fingerprint density at radius 2 is 0.809 bits per heavy atom. The van der Waals surface area contributed by atoms with Crippen LogP contribution in [0.15, 0.2) is 0 Å². The van der Waals surface area contributed by atoms with E-state index in [4.69, 9.17) is 4.74 Å². The highest BCUT2D eigenvalue weighted by molar-refractivity contribution is 8.71. The molecule has 0 aromatic carbocycles. The van der Waals surface area contributed by atoms with Gasteiger partial charge < -0.3 is 26.0 Å². The Morgan fingerprint density at radius 3 is 1.13 bits per heavy atom. The Morgan fingerprint density at radius 1 is 0.489 bits per heavy atom. The average molecular weight is 707 g/mol. The second kappa shape index (κ2) is 31.0. The first-order chi connectivity index (χ1) is 22.5. The molecule has 0 rings (SSSR count). The third kappa shape index (κ3) is 34.8. The Bertz CT molecular complexity index is 980. The molecule has 0 radical (unpaired) electrons. The molecule has 4 amide bonds. The zero-order valence-electron chi connectivity index (χ0n) is 29.0. The fourth-order valence-electron chi connectivity index (χ4n) is 4.61. The van der Waals surface area contributed by atoms with E-state index in [1.165, 1.54) is 6.26 Å². The third-order valence-corrected chi connectivity index (χ3v) is 9.91. The molecule has 0 aromatic rings. The van der Waals surface area contributed by atoms with E-state index < -0.39 is 8.87 Å². The van der Waals surface area contributed by atoms with Crippen molar-refractivity contribution in [3.05, 3.63) is 0 Å². The van der Waals surface area contributed by atoms with Gasteiger partial charge in [0, 0.05) is 70.3 Å². The Labute approximate surface area is 287 Å². The van der Waals surface area contributed by atoms with E-state index in [1.54, 1.807) is 6.92 Å². The van der Waals surface area contributed by atoms with E-state index in [1.807, 2.05) is 0 Å². The van der Waals surface area contributed by atoms with Gasteiger partial charge in [0.1, 0.15) is 0 Å². The van der Waals surface area contributed by atoms with Crippen molar-refractivity contribution in [3.8, 4) is 0 Å². The summed E-state index contributed by atoms with van der Waals surface area (Å²) in [7, 11) is -2.04. The van der Waals surface area contributed by atoms with Gasteiger partial charge in [-0.05, 0) is 81.9 Å². The van der Waals surface area contributed by atoms with Crippen LogP contribution in [0.4, 0.5) is 0 Å². The van der Waals surface area contributed by atoms with E-state index in [2.05, 4.69) is 21.3 Å². The van der Waals surface area contributed by atoms with E-state index >= 15 is 0 Å². The van der Waals surface area contributed by atoms with Crippen LogP contribution in [0.1, 0.15) is 135 Å². The van der Waals surface area contributed by atoms with Crippen LogP contribution < -0.4 is 21.3 Å². The van der Waals surface area contributed by atoms with E-state index in [-0.39, 0.29) is 29.6 Å². The Kier molecular flexibility index (Phi) is 29.4. The number of hydrogen-bond donors (Lipinski definition) is 4. The Balaban J connectivity index is 3.46. The van der Waals surface area contributed by atoms with Crippen LogP contribution >= 0.6 is 10.8 Å². The van der Waals surface area contributed by atoms with Crippen molar-refractivity contribution >= 4 is 49.3 Å². The summed E-state index contributed by atoms with van der Waals surface area (Å²) in [5, 5.41) is 11.7. The van der Waals surface area contributed by atoms with Crippen molar-refractivity contribution in [1.29, 1.82) is 0 Å². The second-order valence-electron chi connectivity index (χ2n) is 11.8. The Hall–Kier alpha value is -2.35. The zero-order valence-corrected chi connectivity index (χ0v) is 30.6. The highest BCUT2D eigenvalue weighted by Gasteiger charge is 2.06. The molecule has 0 unspecified atom stereocenters. The minimum Gasteiger partial charge on any atom is -0.466 e. The van der Waals surface area contributed by atoms with Crippen molar-refractivity contribution in [2.24, 2.45) is 0 Å². The molecule has 0 heterocycles. The predicted octanol–water partition coefficient (Wildman–Crippen LogP) is 4.51. The first kappa shape index (κ1) is 44.6. The first-order valence-electron chi connectivity index (χ1n) is 17.6. The van der Waals surface area contributed by atoms with Crippen molar-refractivity contribution in [2.45, 2.75) is 135 Å². The van der Waals surface area contributed by atoms with Gasteiger partial charge in [-0.15, -0.1) is 0 Å². The topological polar surface area (TPSA) is 177 Å². The van der Waals surface area contributed by atoms with E-state index in [0.717, 1.165) is 107 Å². The maximum atomic E-state index is 12.0. The number of unbranched alkanes of at least 4 members (excludes halogenated alkanes) is 10. The van der Waals surface area contributed by atoms with Gasteiger partial charge in [-0.3, -0.25) is 24.0 Å². The molecule has 0 aliphatic rings. The molecule has 0 bridgehead atoms. The van der Waals surface area contributed by atoms with E-state index in [0.29, 0.717) is 70.6 Å². The van der Waals surface area contributed by atoms with Crippen LogP contribution in [0.2, 0.25) is 0 Å². The molecule has 4 N–H and O–H groups in total. The molecular formula is C33H62N4O8S2. The number of nitrogens with one attached hydrogen (secondary N) is 4. The number of rotatable bonds is 32. The quantitative estimate of drug-likeness (QED) is 0.0445. The standard InChI is InChI=1S/C33H62N4O8S2/c1-3-45-33(42)23-13-7-17-27-37-31(40)21-11-5-15-25-35-29(38)19-9-4-14-24-34-30(39)20-10-6-16-26-36-32(41)22-12-8-18-28-46-47(2,43)44/h3-28H2,1-2H3,(H,34,39)(H,35,38)(H,36,41)(H,37,40). The number of amides is 4. The molecule has 12 nitrogen and oxygen atoms in total. The normalized spacial score (nSPS) is 11.1. The lowest BCUT2D eigenvalue weighted by Crippen LogP contribution is -2.25. The molecular weight excluding hydrogens is 645 g/mol. The van der Waals surface area contributed by atoms with Gasteiger partial charge in [0.25, 0.3) is 0 Å². The highest BCUT2D eigenvalue weighted by atomic mass is 33.1. The summed E-state index contributed by atoms with van der Waals surface area (Å²) < 4.78 is 27.0. The number of carbonyl (C=O) groups excluding carboxylic acids is 5. The van der Waals surface area contributed by atoms with Crippen molar-refractivity contribution in [2.75, 3.05) is 44.8 Å². The van der Waals surface area contributed by atoms with Crippen LogP contribution in [-0.2, 0) is 37.6 Å². The number of carbonyl (C=O) groups is 5. The predicted molar refractivity (Wildman–Crippen MR) is 188 cm³/mol. The largest absolute Gasteiger partial charge is 0.466 e. The van der Waals surface area contributed by atoms with Crippen LogP contribution in [0.3, 0.4) is 0 Å². The van der Waals surface area contributed by atoms with Gasteiger partial charge >= 0.3 is 5.97 Å². The second-order valence-corrected chi connectivity index (χ2v) is 16.4. The van der Waals surface area contributed by atoms with Gasteiger partial charge in [-0.25, -0.2) is 8.42 Å². The minimum absolute atomic E-state index is 0.0127. The van der Waals surface area contributed by atoms with Crippen molar-refractivity contribution in [1.82, 2.24) is 21.3 Å². The molecule has 0 atom stereocenters. The molecule has 0 fully saturated rings. The van der Waals surface area contributed by atoms with Crippen LogP contribution in [0, 0.1) is 0 Å². The van der Waals surface area contributed by atoms with Gasteiger partial charge in [-0.2, -0.15) is 0 Å². The van der Waals surface area contributed by atoms with Crippen LogP contribution in [0.5, 0.6) is 0 Å². The van der Waals surface area contributed by atoms with Crippen LogP contribution in [0.25, 0.3) is 0 Å². The summed E-state index contributed by atoms with van der Waals surface area (Å²) in [6.45, 7) is 4.63. The molecule has 14 heteroatoms. The SMILES string of the molecule is CCOC(=O)CCCCCNC(=O)CCCCCNC(=O)CCCCCNC(=O)CCCCCNC(=O)CCCCCSS(C)(=O)=O. The number of ether oxygens (including phenoxy) is 1. The lowest BCUT2D eigenvalue weighted by Gasteiger charge is -2.07. The fourth-order valence-corrected chi connectivity index (χ4v) is 6.49. The van der Waals surface area contributed by atoms with Crippen molar-refractivity contribution in [3.63, 3.8) is 0 Å². The fraction of sp³-hybridized carbons (Fsp3) is 0.848. The number of esters is 1. The van der Waals surface area contributed by atoms with Gasteiger partial charge in [0.2, 0.25) is 23.6 Å². The molecule has 0 saturated heterocycles. The summed E-state index contributed by atoms with van der Waals surface area (Å²) in [6, 6.07) is 0. The summed E-state index contributed by atoms with van der Waals surface area (Å²) in [5.74, 6) is 0.510.